The lowest BCUT2D eigenvalue weighted by molar-refractivity contribution is -0.130. The van der Waals surface area contributed by atoms with Crippen LogP contribution in [0.3, 0.4) is 0 Å². The number of aryl methyl sites for hydroxylation is 1. The van der Waals surface area contributed by atoms with Crippen molar-refractivity contribution < 1.29 is 28.7 Å². The van der Waals surface area contributed by atoms with Gasteiger partial charge in [0.2, 0.25) is 0 Å². The van der Waals surface area contributed by atoms with Crippen LogP contribution in [0.25, 0.3) is 0 Å². The van der Waals surface area contributed by atoms with Crippen molar-refractivity contribution in [1.82, 2.24) is 10.3 Å². The zero-order valence-electron chi connectivity index (χ0n) is 14.9. The summed E-state index contributed by atoms with van der Waals surface area (Å²) >= 11 is 0. The highest BCUT2D eigenvalue weighted by Gasteiger charge is 2.31. The summed E-state index contributed by atoms with van der Waals surface area (Å²) in [6.45, 7) is 6.69. The first-order chi connectivity index (χ1) is 11.6. The molecular weight excluding hydrogens is 330 g/mol. The standard InChI is InChI=1S/C16H23N3O6/c1-6-9-10(14(21)24-5)8(4)11(18-9)15(22)25-12(7(2)3)13(20)19-16(17)23/h7,12,18H,6H2,1-5H3,(H3,17,19,20,23). The summed E-state index contributed by atoms with van der Waals surface area (Å²) in [5.41, 5.74) is 6.13. The van der Waals surface area contributed by atoms with E-state index in [1.165, 1.54) is 7.11 Å². The van der Waals surface area contributed by atoms with Crippen molar-refractivity contribution in [2.45, 2.75) is 40.2 Å². The smallest absolute Gasteiger partial charge is 0.355 e. The molecule has 0 aliphatic heterocycles. The summed E-state index contributed by atoms with van der Waals surface area (Å²) in [4.78, 5) is 50.0. The van der Waals surface area contributed by atoms with Gasteiger partial charge in [-0.2, -0.15) is 0 Å². The molecule has 0 aromatic carbocycles. The van der Waals surface area contributed by atoms with Crippen LogP contribution < -0.4 is 11.1 Å². The Balaban J connectivity index is 3.14. The van der Waals surface area contributed by atoms with E-state index in [0.29, 0.717) is 17.7 Å². The first kappa shape index (κ1) is 20.2. The SMILES string of the molecule is CCc1[nH]c(C(=O)OC(C(=O)NC(N)=O)C(C)C)c(C)c1C(=O)OC. The number of imide groups is 1. The second-order valence-electron chi connectivity index (χ2n) is 5.75. The van der Waals surface area contributed by atoms with Gasteiger partial charge in [0, 0.05) is 5.69 Å². The number of esters is 2. The van der Waals surface area contributed by atoms with Crippen LogP contribution in [-0.4, -0.2) is 42.1 Å². The molecule has 1 aromatic heterocycles. The molecule has 0 spiro atoms. The maximum Gasteiger partial charge on any atom is 0.355 e. The fraction of sp³-hybridized carbons (Fsp3) is 0.500. The van der Waals surface area contributed by atoms with Crippen molar-refractivity contribution in [2.75, 3.05) is 7.11 Å². The van der Waals surface area contributed by atoms with Crippen LogP contribution in [0, 0.1) is 12.8 Å². The van der Waals surface area contributed by atoms with Crippen molar-refractivity contribution in [3.05, 3.63) is 22.5 Å². The van der Waals surface area contributed by atoms with Crippen molar-refractivity contribution in [3.8, 4) is 0 Å². The topological polar surface area (TPSA) is 141 Å². The number of H-pyrrole nitrogens is 1. The van der Waals surface area contributed by atoms with Gasteiger partial charge in [-0.3, -0.25) is 10.1 Å². The van der Waals surface area contributed by atoms with E-state index in [9.17, 15) is 19.2 Å². The molecule has 1 rings (SSSR count). The first-order valence-electron chi connectivity index (χ1n) is 7.74. The number of aromatic nitrogens is 1. The number of urea groups is 1. The van der Waals surface area contributed by atoms with Crippen molar-refractivity contribution in [2.24, 2.45) is 11.7 Å². The zero-order valence-corrected chi connectivity index (χ0v) is 14.9. The number of nitrogens with one attached hydrogen (secondary N) is 2. The maximum atomic E-state index is 12.5. The molecule has 9 nitrogen and oxygen atoms in total. The molecule has 25 heavy (non-hydrogen) atoms. The number of hydrogen-bond acceptors (Lipinski definition) is 6. The van der Waals surface area contributed by atoms with Gasteiger partial charge in [0.15, 0.2) is 6.10 Å². The lowest BCUT2D eigenvalue weighted by Gasteiger charge is -2.19. The molecule has 0 saturated heterocycles. The lowest BCUT2D eigenvalue weighted by Crippen LogP contribution is -2.45. The second kappa shape index (κ2) is 8.32. The zero-order chi connectivity index (χ0) is 19.3. The van der Waals surface area contributed by atoms with E-state index >= 15 is 0 Å². The number of nitrogens with two attached hydrogens (primary N) is 1. The van der Waals surface area contributed by atoms with Crippen LogP contribution in [0.1, 0.15) is 52.9 Å². The van der Waals surface area contributed by atoms with E-state index in [1.807, 2.05) is 12.2 Å². The van der Waals surface area contributed by atoms with Crippen LogP contribution >= 0.6 is 0 Å². The van der Waals surface area contributed by atoms with Crippen molar-refractivity contribution >= 4 is 23.9 Å². The molecule has 1 unspecified atom stereocenters. The van der Waals surface area contributed by atoms with Crippen LogP contribution in [0.2, 0.25) is 0 Å². The number of carbonyl (C=O) groups excluding carboxylic acids is 4. The monoisotopic (exact) mass is 353 g/mol. The molecular formula is C16H23N3O6. The quantitative estimate of drug-likeness (QED) is 0.653. The van der Waals surface area contributed by atoms with Gasteiger partial charge in [-0.05, 0) is 24.8 Å². The van der Waals surface area contributed by atoms with Crippen molar-refractivity contribution in [1.29, 1.82) is 0 Å². The summed E-state index contributed by atoms with van der Waals surface area (Å²) in [5.74, 6) is -2.61. The number of hydrogen-bond donors (Lipinski definition) is 3. The molecule has 4 N–H and O–H groups in total. The molecule has 9 heteroatoms. The maximum absolute atomic E-state index is 12.5. The van der Waals surface area contributed by atoms with Gasteiger partial charge in [-0.15, -0.1) is 0 Å². The van der Waals surface area contributed by atoms with Gasteiger partial charge in [-0.1, -0.05) is 20.8 Å². The van der Waals surface area contributed by atoms with Gasteiger partial charge < -0.3 is 20.2 Å². The van der Waals surface area contributed by atoms with E-state index in [2.05, 4.69) is 4.98 Å². The number of primary amides is 1. The Morgan fingerprint density at radius 2 is 1.80 bits per heavy atom. The van der Waals surface area contributed by atoms with Gasteiger partial charge >= 0.3 is 18.0 Å². The lowest BCUT2D eigenvalue weighted by atomic mass is 10.1. The molecule has 1 aromatic rings. The summed E-state index contributed by atoms with van der Waals surface area (Å²) in [6.07, 6.45) is -0.747. The van der Waals surface area contributed by atoms with Gasteiger partial charge in [0.05, 0.1) is 12.7 Å². The highest BCUT2D eigenvalue weighted by atomic mass is 16.5. The summed E-state index contributed by atoms with van der Waals surface area (Å²) in [7, 11) is 1.25. The predicted molar refractivity (Wildman–Crippen MR) is 88.0 cm³/mol. The number of rotatable bonds is 6. The highest BCUT2D eigenvalue weighted by molar-refractivity contribution is 6.00. The summed E-state index contributed by atoms with van der Waals surface area (Å²) in [5, 5.41) is 1.89. The third-order valence-corrected chi connectivity index (χ3v) is 3.62. The Morgan fingerprint density at radius 1 is 1.20 bits per heavy atom. The Bertz CT molecular complexity index is 692. The van der Waals surface area contributed by atoms with Crippen molar-refractivity contribution in [3.63, 3.8) is 0 Å². The predicted octanol–water partition coefficient (Wildman–Crippen LogP) is 1.05. The Labute approximate surface area is 145 Å². The molecule has 0 radical (unpaired) electrons. The first-order valence-corrected chi connectivity index (χ1v) is 7.74. The molecule has 0 fully saturated rings. The molecule has 1 atom stereocenters. The molecule has 138 valence electrons. The van der Waals surface area contributed by atoms with Crippen LogP contribution in [0.5, 0.6) is 0 Å². The summed E-state index contributed by atoms with van der Waals surface area (Å²) < 4.78 is 9.95. The molecule has 0 aliphatic rings. The minimum absolute atomic E-state index is 0.0507. The molecule has 0 saturated carbocycles. The minimum Gasteiger partial charge on any atom is -0.465 e. The van der Waals surface area contributed by atoms with E-state index in [4.69, 9.17) is 15.2 Å². The molecule has 1 heterocycles. The third kappa shape index (κ3) is 4.59. The number of aromatic amines is 1. The normalized spacial score (nSPS) is 11.8. The van der Waals surface area contributed by atoms with Crippen LogP contribution in [0.15, 0.2) is 0 Å². The Kier molecular flexibility index (Phi) is 6.72. The summed E-state index contributed by atoms with van der Waals surface area (Å²) in [6, 6.07) is -1.04. The number of carbonyl (C=O) groups is 4. The van der Waals surface area contributed by atoms with Gasteiger partial charge in [-0.25, -0.2) is 14.4 Å². The third-order valence-electron chi connectivity index (χ3n) is 3.62. The van der Waals surface area contributed by atoms with E-state index in [0.717, 1.165) is 0 Å². The van der Waals surface area contributed by atoms with E-state index in [1.54, 1.807) is 20.8 Å². The minimum atomic E-state index is -1.21. The van der Waals surface area contributed by atoms with Crippen LogP contribution in [-0.2, 0) is 20.7 Å². The molecule has 0 bridgehead atoms. The number of ether oxygens (including phenoxy) is 2. The largest absolute Gasteiger partial charge is 0.465 e. The van der Waals surface area contributed by atoms with Gasteiger partial charge in [0.1, 0.15) is 5.69 Å². The highest BCUT2D eigenvalue weighted by Crippen LogP contribution is 2.22. The second-order valence-corrected chi connectivity index (χ2v) is 5.75. The number of amides is 3. The Hall–Kier alpha value is -2.84. The number of methoxy groups -OCH3 is 1. The van der Waals surface area contributed by atoms with E-state index < -0.39 is 35.9 Å². The average molecular weight is 353 g/mol. The fourth-order valence-corrected chi connectivity index (χ4v) is 2.37. The molecule has 0 aliphatic carbocycles. The van der Waals surface area contributed by atoms with E-state index in [-0.39, 0.29) is 11.3 Å². The van der Waals surface area contributed by atoms with Crippen LogP contribution in [0.4, 0.5) is 4.79 Å². The van der Waals surface area contributed by atoms with Gasteiger partial charge in [0.25, 0.3) is 5.91 Å². The Morgan fingerprint density at radius 3 is 2.24 bits per heavy atom. The molecule has 3 amide bonds. The fourth-order valence-electron chi connectivity index (χ4n) is 2.37. The average Bonchev–Trinajstić information content (AvgIpc) is 2.87.